The quantitative estimate of drug-likeness (QED) is 0.412. The fourth-order valence-corrected chi connectivity index (χ4v) is 3.59. The van der Waals surface area contributed by atoms with Gasteiger partial charge in [-0.1, -0.05) is 47.7 Å². The van der Waals surface area contributed by atoms with Gasteiger partial charge in [-0.3, -0.25) is 14.9 Å². The predicted octanol–water partition coefficient (Wildman–Crippen LogP) is 2.58. The Morgan fingerprint density at radius 1 is 1.15 bits per heavy atom. The zero-order valence-corrected chi connectivity index (χ0v) is 14.4. The Labute approximate surface area is 151 Å². The summed E-state index contributed by atoms with van der Waals surface area (Å²) in [4.78, 5) is 28.2. The fraction of sp³-hybridized carbons (Fsp3) is 0.0556. The minimum atomic E-state index is -0.469. The Morgan fingerprint density at radius 3 is 2.62 bits per heavy atom. The molecule has 0 aliphatic heterocycles. The lowest BCUT2D eigenvalue weighted by molar-refractivity contribution is -0.385. The second-order valence-electron chi connectivity index (χ2n) is 5.68. The van der Waals surface area contributed by atoms with Crippen molar-refractivity contribution >= 4 is 28.1 Å². The van der Waals surface area contributed by atoms with Gasteiger partial charge in [0.05, 0.1) is 15.0 Å². The van der Waals surface area contributed by atoms with E-state index in [0.717, 1.165) is 22.5 Å². The number of aromatic nitrogens is 3. The van der Waals surface area contributed by atoms with Crippen LogP contribution in [0.25, 0.3) is 22.4 Å². The van der Waals surface area contributed by atoms with Crippen molar-refractivity contribution in [2.45, 2.75) is 6.92 Å². The summed E-state index contributed by atoms with van der Waals surface area (Å²) in [6, 6.07) is 14.0. The van der Waals surface area contributed by atoms with Gasteiger partial charge in [0.25, 0.3) is 11.2 Å². The first-order valence-corrected chi connectivity index (χ1v) is 8.57. The van der Waals surface area contributed by atoms with Crippen LogP contribution in [-0.2, 0) is 0 Å². The summed E-state index contributed by atoms with van der Waals surface area (Å²) < 4.78 is 1.60. The molecule has 2 aromatic heterocycles. The van der Waals surface area contributed by atoms with Crippen LogP contribution in [0.3, 0.4) is 0 Å². The van der Waals surface area contributed by atoms with E-state index in [2.05, 4.69) is 10.1 Å². The molecule has 26 heavy (non-hydrogen) atoms. The number of para-hydroxylation sites is 1. The smallest absolute Gasteiger partial charge is 0.266 e. The van der Waals surface area contributed by atoms with Gasteiger partial charge in [-0.15, -0.1) is 5.10 Å². The lowest BCUT2D eigenvalue weighted by Gasteiger charge is -1.98. The van der Waals surface area contributed by atoms with Gasteiger partial charge >= 0.3 is 0 Å². The van der Waals surface area contributed by atoms with E-state index in [4.69, 9.17) is 0 Å². The molecule has 0 aliphatic rings. The Morgan fingerprint density at radius 2 is 1.88 bits per heavy atom. The van der Waals surface area contributed by atoms with Gasteiger partial charge < -0.3 is 0 Å². The largest absolute Gasteiger partial charge is 0.291 e. The highest BCUT2D eigenvalue weighted by Gasteiger charge is 2.15. The van der Waals surface area contributed by atoms with E-state index in [9.17, 15) is 14.9 Å². The van der Waals surface area contributed by atoms with Gasteiger partial charge in [0.1, 0.15) is 0 Å². The van der Waals surface area contributed by atoms with E-state index < -0.39 is 4.92 Å². The first-order valence-electron chi connectivity index (χ1n) is 7.75. The van der Waals surface area contributed by atoms with Gasteiger partial charge in [0.2, 0.25) is 4.96 Å². The first kappa shape index (κ1) is 16.1. The molecule has 128 valence electrons. The van der Waals surface area contributed by atoms with E-state index in [1.807, 2.05) is 31.2 Å². The van der Waals surface area contributed by atoms with Crippen molar-refractivity contribution in [3.63, 3.8) is 0 Å². The average molecular weight is 364 g/mol. The third-order valence-electron chi connectivity index (χ3n) is 3.99. The second kappa shape index (κ2) is 6.16. The van der Waals surface area contributed by atoms with E-state index in [1.165, 1.54) is 16.7 Å². The summed E-state index contributed by atoms with van der Waals surface area (Å²) in [7, 11) is 0. The van der Waals surface area contributed by atoms with Crippen molar-refractivity contribution in [1.29, 1.82) is 0 Å². The maximum Gasteiger partial charge on any atom is 0.291 e. The van der Waals surface area contributed by atoms with Crippen molar-refractivity contribution in [3.05, 3.63) is 84.7 Å². The normalized spacial score (nSPS) is 12.0. The lowest BCUT2D eigenvalue weighted by atomic mass is 10.1. The van der Waals surface area contributed by atoms with Crippen LogP contribution in [0, 0.1) is 17.0 Å². The molecule has 0 aliphatic carbocycles. The van der Waals surface area contributed by atoms with Crippen molar-refractivity contribution in [1.82, 2.24) is 14.6 Å². The van der Waals surface area contributed by atoms with Crippen molar-refractivity contribution in [3.8, 4) is 11.4 Å². The Hall–Kier alpha value is -3.39. The molecule has 0 unspecified atom stereocenters. The monoisotopic (exact) mass is 364 g/mol. The van der Waals surface area contributed by atoms with Gasteiger partial charge in [0, 0.05) is 11.6 Å². The van der Waals surface area contributed by atoms with Crippen molar-refractivity contribution < 1.29 is 4.92 Å². The third-order valence-corrected chi connectivity index (χ3v) is 4.95. The van der Waals surface area contributed by atoms with Gasteiger partial charge in [-0.2, -0.15) is 9.50 Å². The Bertz CT molecular complexity index is 1260. The highest BCUT2D eigenvalue weighted by Crippen LogP contribution is 2.21. The first-order chi connectivity index (χ1) is 12.5. The van der Waals surface area contributed by atoms with Crippen LogP contribution in [0.1, 0.15) is 11.1 Å². The molecule has 0 saturated heterocycles. The lowest BCUT2D eigenvalue weighted by Crippen LogP contribution is -2.23. The number of nitro benzene ring substituents is 1. The van der Waals surface area contributed by atoms with E-state index in [0.29, 0.717) is 20.9 Å². The average Bonchev–Trinajstić information content (AvgIpc) is 3.16. The molecule has 0 fully saturated rings. The van der Waals surface area contributed by atoms with Crippen LogP contribution in [0.2, 0.25) is 0 Å². The Balaban J connectivity index is 1.86. The number of nitro groups is 1. The van der Waals surface area contributed by atoms with E-state index in [-0.39, 0.29) is 11.2 Å². The summed E-state index contributed by atoms with van der Waals surface area (Å²) in [5.74, 6) is 0.490. The molecule has 0 N–H and O–H groups in total. The molecule has 4 aromatic rings. The molecule has 0 saturated carbocycles. The maximum atomic E-state index is 12.6. The number of benzene rings is 2. The van der Waals surface area contributed by atoms with E-state index in [1.54, 1.807) is 18.2 Å². The highest BCUT2D eigenvalue weighted by atomic mass is 32.1. The van der Waals surface area contributed by atoms with Gasteiger partial charge in [-0.05, 0) is 24.6 Å². The van der Waals surface area contributed by atoms with E-state index >= 15 is 0 Å². The van der Waals surface area contributed by atoms with Crippen LogP contribution < -0.4 is 10.1 Å². The number of rotatable bonds is 3. The summed E-state index contributed by atoms with van der Waals surface area (Å²) in [6.07, 6.45) is 1.51. The van der Waals surface area contributed by atoms with Crippen LogP contribution in [0.4, 0.5) is 5.69 Å². The molecule has 0 radical (unpaired) electrons. The third kappa shape index (κ3) is 2.66. The van der Waals surface area contributed by atoms with Crippen LogP contribution >= 0.6 is 11.3 Å². The number of thiazole rings is 1. The Kier molecular flexibility index (Phi) is 3.81. The molecule has 0 atom stereocenters. The number of fused-ring (bicyclic) bond motifs is 1. The summed E-state index contributed by atoms with van der Waals surface area (Å²) in [6.45, 7) is 1.95. The molecule has 0 bridgehead atoms. The topological polar surface area (TPSA) is 90.4 Å². The SMILES string of the molecule is Cc1ccccc1-c1nc2sc(=Cc3ccccc3[N+](=O)[O-])c(=O)n2n1. The predicted molar refractivity (Wildman–Crippen MR) is 99.2 cm³/mol. The second-order valence-corrected chi connectivity index (χ2v) is 6.69. The molecular formula is C18H12N4O3S. The number of aryl methyl sites for hydroxylation is 1. The number of nitrogens with zero attached hydrogens (tertiary/aromatic N) is 4. The number of hydrogen-bond acceptors (Lipinski definition) is 6. The molecule has 0 spiro atoms. The number of hydrogen-bond donors (Lipinski definition) is 0. The zero-order chi connectivity index (χ0) is 18.3. The fourth-order valence-electron chi connectivity index (χ4n) is 2.69. The minimum absolute atomic E-state index is 0.0495. The maximum absolute atomic E-state index is 12.6. The molecule has 4 rings (SSSR count). The standard InChI is InChI=1S/C18H12N4O3S/c1-11-6-2-4-8-13(11)16-19-18-21(20-16)17(23)15(26-18)10-12-7-3-5-9-14(12)22(24)25/h2-10H,1H3. The molecule has 2 aromatic carbocycles. The molecule has 7 nitrogen and oxygen atoms in total. The molecule has 8 heteroatoms. The summed E-state index contributed by atoms with van der Waals surface area (Å²) >= 11 is 1.16. The van der Waals surface area contributed by atoms with Crippen LogP contribution in [0.15, 0.2) is 53.3 Å². The van der Waals surface area contributed by atoms with Crippen LogP contribution in [-0.4, -0.2) is 19.5 Å². The van der Waals surface area contributed by atoms with Gasteiger partial charge in [-0.25, -0.2) is 0 Å². The zero-order valence-electron chi connectivity index (χ0n) is 13.6. The highest BCUT2D eigenvalue weighted by molar-refractivity contribution is 7.15. The molecule has 2 heterocycles. The minimum Gasteiger partial charge on any atom is -0.266 e. The summed E-state index contributed by atoms with van der Waals surface area (Å²) in [5.41, 5.74) is 1.87. The molecule has 0 amide bonds. The van der Waals surface area contributed by atoms with Crippen LogP contribution in [0.5, 0.6) is 0 Å². The van der Waals surface area contributed by atoms with Crippen molar-refractivity contribution in [2.24, 2.45) is 0 Å². The van der Waals surface area contributed by atoms with Crippen molar-refractivity contribution in [2.75, 3.05) is 0 Å². The summed E-state index contributed by atoms with van der Waals surface area (Å²) in [5, 5.41) is 15.4. The van der Waals surface area contributed by atoms with Gasteiger partial charge in [0.15, 0.2) is 5.82 Å². The molecular weight excluding hydrogens is 352 g/mol.